The molecule has 1 aliphatic heterocycles. The summed E-state index contributed by atoms with van der Waals surface area (Å²) in [6, 6.07) is 8.82. The molecule has 1 heterocycles. The van der Waals surface area contributed by atoms with E-state index in [9.17, 15) is 0 Å². The van der Waals surface area contributed by atoms with Crippen LogP contribution >= 0.6 is 0 Å². The van der Waals surface area contributed by atoms with E-state index in [0.717, 1.165) is 26.2 Å². The number of nitrogens with zero attached hydrogens (tertiary/aromatic N) is 1. The lowest BCUT2D eigenvalue weighted by Crippen LogP contribution is -2.23. The highest BCUT2D eigenvalue weighted by Gasteiger charge is 2.22. The van der Waals surface area contributed by atoms with Crippen LogP contribution in [0.5, 0.6) is 0 Å². The van der Waals surface area contributed by atoms with Crippen molar-refractivity contribution in [3.05, 3.63) is 35.4 Å². The molecule has 1 N–H and O–H groups in total. The molecule has 112 valence electrons. The Hall–Kier alpha value is -0.900. The van der Waals surface area contributed by atoms with E-state index in [4.69, 9.17) is 4.74 Å². The Balaban J connectivity index is 1.89. The first-order valence-electron chi connectivity index (χ1n) is 7.82. The van der Waals surface area contributed by atoms with Gasteiger partial charge in [-0.15, -0.1) is 0 Å². The summed E-state index contributed by atoms with van der Waals surface area (Å²) in [5.74, 6) is 0.713. The van der Waals surface area contributed by atoms with E-state index < -0.39 is 0 Å². The molecular formula is C17H28N2O. The Labute approximate surface area is 123 Å². The number of methoxy groups -OCH3 is 1. The topological polar surface area (TPSA) is 24.5 Å². The van der Waals surface area contributed by atoms with Gasteiger partial charge in [-0.1, -0.05) is 31.2 Å². The minimum atomic E-state index is 0.713. The smallest absolute Gasteiger partial charge is 0.0503 e. The third kappa shape index (κ3) is 4.58. The van der Waals surface area contributed by atoms with Crippen LogP contribution in [-0.4, -0.2) is 38.3 Å². The van der Waals surface area contributed by atoms with Gasteiger partial charge < -0.3 is 10.1 Å². The quantitative estimate of drug-likeness (QED) is 0.739. The van der Waals surface area contributed by atoms with Crippen LogP contribution in [0, 0.1) is 5.92 Å². The SMILES string of the molecule is CCCNCc1ccccc1CN1CCC(COC)C1. The van der Waals surface area contributed by atoms with E-state index in [1.165, 1.54) is 37.1 Å². The van der Waals surface area contributed by atoms with Gasteiger partial charge in [-0.05, 0) is 43.0 Å². The van der Waals surface area contributed by atoms with Crippen molar-refractivity contribution in [1.82, 2.24) is 10.2 Å². The molecule has 0 spiro atoms. The number of hydrogen-bond donors (Lipinski definition) is 1. The largest absolute Gasteiger partial charge is 0.384 e. The molecule has 0 bridgehead atoms. The maximum Gasteiger partial charge on any atom is 0.0503 e. The fourth-order valence-corrected chi connectivity index (χ4v) is 2.95. The first-order valence-corrected chi connectivity index (χ1v) is 7.82. The molecule has 3 heteroatoms. The number of rotatable bonds is 8. The van der Waals surface area contributed by atoms with Crippen molar-refractivity contribution in [3.63, 3.8) is 0 Å². The highest BCUT2D eigenvalue weighted by Crippen LogP contribution is 2.20. The van der Waals surface area contributed by atoms with Gasteiger partial charge in [-0.25, -0.2) is 0 Å². The predicted molar refractivity (Wildman–Crippen MR) is 83.7 cm³/mol. The zero-order chi connectivity index (χ0) is 14.2. The van der Waals surface area contributed by atoms with Crippen LogP contribution in [-0.2, 0) is 17.8 Å². The molecule has 1 atom stereocenters. The molecule has 1 saturated heterocycles. The molecule has 0 amide bonds. The number of benzene rings is 1. The molecule has 0 aliphatic carbocycles. The van der Waals surface area contributed by atoms with Gasteiger partial charge in [0.15, 0.2) is 0 Å². The van der Waals surface area contributed by atoms with E-state index in [1.807, 2.05) is 0 Å². The Bertz CT molecular complexity index is 394. The normalized spacial score (nSPS) is 19.6. The third-order valence-electron chi connectivity index (χ3n) is 4.03. The van der Waals surface area contributed by atoms with Crippen molar-refractivity contribution in [2.75, 3.05) is 33.4 Å². The summed E-state index contributed by atoms with van der Waals surface area (Å²) in [4.78, 5) is 2.56. The molecule has 0 radical (unpaired) electrons. The van der Waals surface area contributed by atoms with Crippen molar-refractivity contribution in [1.29, 1.82) is 0 Å². The lowest BCUT2D eigenvalue weighted by molar-refractivity contribution is 0.152. The molecule has 1 aromatic rings. The van der Waals surface area contributed by atoms with Gasteiger partial charge in [0.1, 0.15) is 0 Å². The Morgan fingerprint density at radius 1 is 1.30 bits per heavy atom. The van der Waals surface area contributed by atoms with Gasteiger partial charge in [-0.3, -0.25) is 4.90 Å². The fraction of sp³-hybridized carbons (Fsp3) is 0.647. The molecule has 20 heavy (non-hydrogen) atoms. The lowest BCUT2D eigenvalue weighted by atomic mass is 10.1. The minimum Gasteiger partial charge on any atom is -0.384 e. The van der Waals surface area contributed by atoms with Crippen molar-refractivity contribution >= 4 is 0 Å². The van der Waals surface area contributed by atoms with E-state index >= 15 is 0 Å². The highest BCUT2D eigenvalue weighted by molar-refractivity contribution is 5.27. The molecule has 0 aromatic heterocycles. The second-order valence-electron chi connectivity index (χ2n) is 5.79. The first-order chi connectivity index (χ1) is 9.83. The number of ether oxygens (including phenoxy) is 1. The van der Waals surface area contributed by atoms with Crippen LogP contribution in [0.2, 0.25) is 0 Å². The molecule has 1 unspecified atom stereocenters. The van der Waals surface area contributed by atoms with Crippen molar-refractivity contribution in [3.8, 4) is 0 Å². The molecule has 1 aliphatic rings. The molecule has 0 saturated carbocycles. The van der Waals surface area contributed by atoms with Crippen LogP contribution in [0.4, 0.5) is 0 Å². The van der Waals surface area contributed by atoms with Gasteiger partial charge in [0.2, 0.25) is 0 Å². The molecular weight excluding hydrogens is 248 g/mol. The first kappa shape index (κ1) is 15.5. The maximum absolute atomic E-state index is 5.28. The minimum absolute atomic E-state index is 0.713. The van der Waals surface area contributed by atoms with E-state index in [0.29, 0.717) is 5.92 Å². The second-order valence-corrected chi connectivity index (χ2v) is 5.79. The summed E-state index contributed by atoms with van der Waals surface area (Å²) in [5, 5.41) is 3.51. The number of nitrogens with one attached hydrogen (secondary N) is 1. The number of hydrogen-bond acceptors (Lipinski definition) is 3. The Kier molecular flexibility index (Phi) is 6.51. The predicted octanol–water partition coefficient (Wildman–Crippen LogP) is 2.65. The van der Waals surface area contributed by atoms with Gasteiger partial charge in [-0.2, -0.15) is 0 Å². The van der Waals surface area contributed by atoms with Gasteiger partial charge in [0.25, 0.3) is 0 Å². The second kappa shape index (κ2) is 8.40. The summed E-state index contributed by atoms with van der Waals surface area (Å²) in [7, 11) is 1.80. The average molecular weight is 276 g/mol. The van der Waals surface area contributed by atoms with Crippen LogP contribution in [0.3, 0.4) is 0 Å². The summed E-state index contributed by atoms with van der Waals surface area (Å²) in [5.41, 5.74) is 2.91. The summed E-state index contributed by atoms with van der Waals surface area (Å²) < 4.78 is 5.28. The molecule has 2 rings (SSSR count). The van der Waals surface area contributed by atoms with Crippen LogP contribution in [0.1, 0.15) is 30.9 Å². The molecule has 1 aromatic carbocycles. The zero-order valence-electron chi connectivity index (χ0n) is 12.9. The fourth-order valence-electron chi connectivity index (χ4n) is 2.95. The summed E-state index contributed by atoms with van der Waals surface area (Å²) in [6.07, 6.45) is 2.46. The van der Waals surface area contributed by atoms with Crippen molar-refractivity contribution in [2.45, 2.75) is 32.9 Å². The molecule has 1 fully saturated rings. The monoisotopic (exact) mass is 276 g/mol. The van der Waals surface area contributed by atoms with Crippen LogP contribution < -0.4 is 5.32 Å². The van der Waals surface area contributed by atoms with Gasteiger partial charge >= 0.3 is 0 Å². The van der Waals surface area contributed by atoms with Crippen LogP contribution in [0.15, 0.2) is 24.3 Å². The van der Waals surface area contributed by atoms with Crippen molar-refractivity contribution in [2.24, 2.45) is 5.92 Å². The maximum atomic E-state index is 5.28. The molecule has 3 nitrogen and oxygen atoms in total. The lowest BCUT2D eigenvalue weighted by Gasteiger charge is -2.18. The Morgan fingerprint density at radius 2 is 2.10 bits per heavy atom. The summed E-state index contributed by atoms with van der Waals surface area (Å²) in [6.45, 7) is 8.63. The highest BCUT2D eigenvalue weighted by atomic mass is 16.5. The van der Waals surface area contributed by atoms with Gasteiger partial charge in [0.05, 0.1) is 6.61 Å². The van der Waals surface area contributed by atoms with E-state index in [1.54, 1.807) is 7.11 Å². The van der Waals surface area contributed by atoms with E-state index in [-0.39, 0.29) is 0 Å². The number of likely N-dealkylation sites (tertiary alicyclic amines) is 1. The summed E-state index contributed by atoms with van der Waals surface area (Å²) >= 11 is 0. The van der Waals surface area contributed by atoms with Crippen molar-refractivity contribution < 1.29 is 4.74 Å². The third-order valence-corrected chi connectivity index (χ3v) is 4.03. The van der Waals surface area contributed by atoms with Gasteiger partial charge in [0, 0.05) is 26.7 Å². The van der Waals surface area contributed by atoms with Crippen LogP contribution in [0.25, 0.3) is 0 Å². The Morgan fingerprint density at radius 3 is 2.85 bits per heavy atom. The average Bonchev–Trinajstić information content (AvgIpc) is 2.89. The standard InChI is InChI=1S/C17H28N2O/c1-3-9-18-11-16-6-4-5-7-17(16)13-19-10-8-15(12-19)14-20-2/h4-7,15,18H,3,8-14H2,1-2H3. The zero-order valence-corrected chi connectivity index (χ0v) is 12.9. The van der Waals surface area contributed by atoms with E-state index in [2.05, 4.69) is 41.4 Å².